The first kappa shape index (κ1) is 15.7. The van der Waals surface area contributed by atoms with Crippen molar-refractivity contribution < 1.29 is 4.79 Å². The minimum Gasteiger partial charge on any atom is -0.267 e. The largest absolute Gasteiger partial charge is 0.273 e. The molecule has 0 aliphatic carbocycles. The maximum atomic E-state index is 12.1. The van der Waals surface area contributed by atoms with Gasteiger partial charge in [-0.05, 0) is 30.7 Å². The van der Waals surface area contributed by atoms with Gasteiger partial charge < -0.3 is 0 Å². The van der Waals surface area contributed by atoms with Crippen molar-refractivity contribution >= 4 is 57.0 Å². The number of rotatable bonds is 2. The molecule has 0 aromatic heterocycles. The predicted octanol–water partition coefficient (Wildman–Crippen LogP) is 4.06. The van der Waals surface area contributed by atoms with E-state index in [1.54, 1.807) is 19.2 Å². The Morgan fingerprint density at radius 2 is 1.83 bits per heavy atom. The summed E-state index contributed by atoms with van der Waals surface area (Å²) in [6.45, 7) is 0. The number of hydrazone groups is 1. The molecular formula is C11H12Cl2N2OS2. The molecule has 0 atom stereocenters. The summed E-state index contributed by atoms with van der Waals surface area (Å²) in [5.41, 5.74) is 0.456. The summed E-state index contributed by atoms with van der Waals surface area (Å²) >= 11 is 14.7. The van der Waals surface area contributed by atoms with Crippen LogP contribution in [0.3, 0.4) is 0 Å². The van der Waals surface area contributed by atoms with Crippen molar-refractivity contribution in [2.45, 2.75) is 0 Å². The van der Waals surface area contributed by atoms with E-state index in [9.17, 15) is 4.79 Å². The molecule has 0 fully saturated rings. The zero-order valence-corrected chi connectivity index (χ0v) is 13.3. The Bertz CT molecular complexity index is 474. The molecule has 0 N–H and O–H groups in total. The molecule has 1 rings (SSSR count). The Balaban J connectivity index is 2.93. The Labute approximate surface area is 125 Å². The van der Waals surface area contributed by atoms with Crippen LogP contribution in [0.4, 0.5) is 0 Å². The molecule has 0 spiro atoms. The fourth-order valence-corrected chi connectivity index (χ4v) is 2.52. The average molecular weight is 323 g/mol. The number of thioether (sulfide) groups is 2. The van der Waals surface area contributed by atoms with Gasteiger partial charge in [0.1, 0.15) is 4.38 Å². The van der Waals surface area contributed by atoms with Crippen LogP contribution in [0, 0.1) is 0 Å². The van der Waals surface area contributed by atoms with Crippen LogP contribution in [0.1, 0.15) is 10.4 Å². The molecule has 0 saturated carbocycles. The molecule has 1 amide bonds. The molecule has 3 nitrogen and oxygen atoms in total. The van der Waals surface area contributed by atoms with Crippen LogP contribution in [-0.4, -0.2) is 34.9 Å². The molecule has 0 unspecified atom stereocenters. The van der Waals surface area contributed by atoms with E-state index in [0.29, 0.717) is 15.6 Å². The maximum Gasteiger partial charge on any atom is 0.273 e. The Morgan fingerprint density at radius 1 is 1.22 bits per heavy atom. The van der Waals surface area contributed by atoms with Gasteiger partial charge in [0, 0.05) is 12.6 Å². The van der Waals surface area contributed by atoms with E-state index < -0.39 is 0 Å². The van der Waals surface area contributed by atoms with Gasteiger partial charge in [-0.2, -0.15) is 5.10 Å². The van der Waals surface area contributed by atoms with Gasteiger partial charge in [-0.3, -0.25) is 4.79 Å². The second-order valence-electron chi connectivity index (χ2n) is 3.23. The number of amides is 1. The summed E-state index contributed by atoms with van der Waals surface area (Å²) in [4.78, 5) is 12.1. The standard InChI is InChI=1S/C11H12Cl2N2OS2/c1-15(14-11(17-2)18-3)10(16)7-4-5-8(12)9(13)6-7/h4-6H,1-3H3. The average Bonchev–Trinajstić information content (AvgIpc) is 2.38. The number of hydrogen-bond acceptors (Lipinski definition) is 4. The van der Waals surface area contributed by atoms with Gasteiger partial charge in [0.2, 0.25) is 0 Å². The smallest absolute Gasteiger partial charge is 0.267 e. The van der Waals surface area contributed by atoms with E-state index in [-0.39, 0.29) is 5.91 Å². The van der Waals surface area contributed by atoms with Crippen LogP contribution < -0.4 is 0 Å². The minimum absolute atomic E-state index is 0.228. The van der Waals surface area contributed by atoms with Crippen LogP contribution >= 0.6 is 46.7 Å². The monoisotopic (exact) mass is 322 g/mol. The lowest BCUT2D eigenvalue weighted by molar-refractivity contribution is 0.0800. The highest BCUT2D eigenvalue weighted by molar-refractivity contribution is 8.38. The molecule has 0 radical (unpaired) electrons. The van der Waals surface area contributed by atoms with E-state index in [1.165, 1.54) is 34.6 Å². The van der Waals surface area contributed by atoms with Gasteiger partial charge in [-0.15, -0.1) is 23.5 Å². The molecule has 1 aromatic carbocycles. The van der Waals surface area contributed by atoms with Crippen molar-refractivity contribution in [3.63, 3.8) is 0 Å². The summed E-state index contributed by atoms with van der Waals surface area (Å²) in [6, 6.07) is 4.76. The van der Waals surface area contributed by atoms with Crippen molar-refractivity contribution in [3.05, 3.63) is 33.8 Å². The molecular weight excluding hydrogens is 311 g/mol. The second-order valence-corrected chi connectivity index (χ2v) is 5.89. The molecule has 0 aliphatic rings. The zero-order chi connectivity index (χ0) is 13.7. The Kier molecular flexibility index (Phi) is 6.35. The molecule has 1 aromatic rings. The number of halogens is 2. The van der Waals surface area contributed by atoms with E-state index >= 15 is 0 Å². The summed E-state index contributed by atoms with van der Waals surface area (Å²) in [6.07, 6.45) is 3.82. The third kappa shape index (κ3) is 4.09. The van der Waals surface area contributed by atoms with E-state index in [2.05, 4.69) is 5.10 Å². The van der Waals surface area contributed by atoms with E-state index in [0.717, 1.165) is 4.38 Å². The molecule has 0 heterocycles. The number of hydrogen-bond donors (Lipinski definition) is 0. The highest BCUT2D eigenvalue weighted by atomic mass is 35.5. The number of benzene rings is 1. The van der Waals surface area contributed by atoms with Gasteiger partial charge >= 0.3 is 0 Å². The fourth-order valence-electron chi connectivity index (χ4n) is 1.15. The van der Waals surface area contributed by atoms with Crippen molar-refractivity contribution in [1.82, 2.24) is 5.01 Å². The molecule has 7 heteroatoms. The lowest BCUT2D eigenvalue weighted by Crippen LogP contribution is -2.22. The van der Waals surface area contributed by atoms with Crippen LogP contribution in [0.2, 0.25) is 10.0 Å². The fraction of sp³-hybridized carbons (Fsp3) is 0.273. The quantitative estimate of drug-likeness (QED) is 0.467. The van der Waals surface area contributed by atoms with Crippen LogP contribution in [0.5, 0.6) is 0 Å². The summed E-state index contributed by atoms with van der Waals surface area (Å²) in [5, 5.41) is 6.27. The first-order valence-electron chi connectivity index (χ1n) is 4.89. The SMILES string of the molecule is CSC(=NN(C)C(=O)c1ccc(Cl)c(Cl)c1)SC. The van der Waals surface area contributed by atoms with Crippen molar-refractivity contribution in [2.75, 3.05) is 19.6 Å². The van der Waals surface area contributed by atoms with E-state index in [4.69, 9.17) is 23.2 Å². The molecule has 18 heavy (non-hydrogen) atoms. The number of nitrogens with zero attached hydrogens (tertiary/aromatic N) is 2. The van der Waals surface area contributed by atoms with Gasteiger partial charge in [0.05, 0.1) is 10.0 Å². The van der Waals surface area contributed by atoms with Gasteiger partial charge in [0.15, 0.2) is 0 Å². The summed E-state index contributed by atoms with van der Waals surface area (Å²) < 4.78 is 0.811. The Hall–Kier alpha value is -0.360. The van der Waals surface area contributed by atoms with Crippen molar-refractivity contribution in [3.8, 4) is 0 Å². The van der Waals surface area contributed by atoms with Crippen LogP contribution in [-0.2, 0) is 0 Å². The van der Waals surface area contributed by atoms with Gasteiger partial charge in [-0.1, -0.05) is 23.2 Å². The lowest BCUT2D eigenvalue weighted by atomic mass is 10.2. The lowest BCUT2D eigenvalue weighted by Gasteiger charge is -2.12. The number of carbonyl (C=O) groups is 1. The van der Waals surface area contributed by atoms with Gasteiger partial charge in [0.25, 0.3) is 5.91 Å². The topological polar surface area (TPSA) is 32.7 Å². The third-order valence-corrected chi connectivity index (χ3v) is 4.64. The highest BCUT2D eigenvalue weighted by Crippen LogP contribution is 2.23. The van der Waals surface area contributed by atoms with Crippen molar-refractivity contribution in [2.24, 2.45) is 5.10 Å². The third-order valence-electron chi connectivity index (χ3n) is 2.04. The molecule has 0 bridgehead atoms. The molecule has 0 aliphatic heterocycles. The van der Waals surface area contributed by atoms with Crippen LogP contribution in [0.15, 0.2) is 23.3 Å². The second kappa shape index (κ2) is 7.28. The van der Waals surface area contributed by atoms with Gasteiger partial charge in [-0.25, -0.2) is 5.01 Å². The van der Waals surface area contributed by atoms with Crippen LogP contribution in [0.25, 0.3) is 0 Å². The molecule has 98 valence electrons. The normalized spacial score (nSPS) is 10.1. The summed E-state index contributed by atoms with van der Waals surface area (Å²) in [7, 11) is 1.61. The maximum absolute atomic E-state index is 12.1. The summed E-state index contributed by atoms with van der Waals surface area (Å²) in [5.74, 6) is -0.228. The van der Waals surface area contributed by atoms with Crippen molar-refractivity contribution in [1.29, 1.82) is 0 Å². The predicted molar refractivity (Wildman–Crippen MR) is 83.0 cm³/mol. The first-order valence-corrected chi connectivity index (χ1v) is 8.09. The minimum atomic E-state index is -0.228. The Morgan fingerprint density at radius 3 is 2.33 bits per heavy atom. The first-order chi connectivity index (χ1) is 8.49. The molecule has 0 saturated heterocycles. The number of carbonyl (C=O) groups excluding carboxylic acids is 1. The highest BCUT2D eigenvalue weighted by Gasteiger charge is 2.13. The van der Waals surface area contributed by atoms with E-state index in [1.807, 2.05) is 12.5 Å². The zero-order valence-electron chi connectivity index (χ0n) is 10.1.